The first-order valence-corrected chi connectivity index (χ1v) is 6.72. The van der Waals surface area contributed by atoms with Crippen LogP contribution in [0, 0.1) is 0 Å². The molecule has 1 aromatic carbocycles. The van der Waals surface area contributed by atoms with Gasteiger partial charge < -0.3 is 9.88 Å². The monoisotopic (exact) mass is 244 g/mol. The van der Waals surface area contributed by atoms with Crippen LogP contribution in [0.5, 0.6) is 0 Å². The van der Waals surface area contributed by atoms with Crippen molar-refractivity contribution in [1.29, 1.82) is 0 Å². The van der Waals surface area contributed by atoms with Crippen molar-refractivity contribution >= 4 is 10.9 Å². The Morgan fingerprint density at radius 2 is 1.83 bits per heavy atom. The van der Waals surface area contributed by atoms with Crippen LogP contribution in [-0.2, 0) is 6.54 Å². The Kier molecular flexibility index (Phi) is 3.49. The van der Waals surface area contributed by atoms with E-state index in [0.29, 0.717) is 6.04 Å². The van der Waals surface area contributed by atoms with E-state index in [1.807, 2.05) is 0 Å². The first-order valence-electron chi connectivity index (χ1n) is 6.72. The Morgan fingerprint density at radius 1 is 1.17 bits per heavy atom. The minimum absolute atomic E-state index is 0.154. The molecule has 0 unspecified atom stereocenters. The van der Waals surface area contributed by atoms with Gasteiger partial charge in [-0.2, -0.15) is 0 Å². The summed E-state index contributed by atoms with van der Waals surface area (Å²) in [6, 6.07) is 9.15. The van der Waals surface area contributed by atoms with Crippen molar-refractivity contribution in [3.63, 3.8) is 0 Å². The molecule has 2 heteroatoms. The zero-order valence-electron chi connectivity index (χ0n) is 12.1. The first-order chi connectivity index (χ1) is 8.38. The van der Waals surface area contributed by atoms with Crippen molar-refractivity contribution in [2.24, 2.45) is 0 Å². The second-order valence-electron chi connectivity index (χ2n) is 6.28. The fourth-order valence-electron chi connectivity index (χ4n) is 2.21. The van der Waals surface area contributed by atoms with Crippen LogP contribution in [0.4, 0.5) is 0 Å². The van der Waals surface area contributed by atoms with Gasteiger partial charge in [-0.15, -0.1) is 0 Å². The third kappa shape index (κ3) is 2.75. The summed E-state index contributed by atoms with van der Waals surface area (Å²) in [5.74, 6) is 0. The highest BCUT2D eigenvalue weighted by Gasteiger charge is 2.13. The predicted molar refractivity (Wildman–Crippen MR) is 78.9 cm³/mol. The van der Waals surface area contributed by atoms with Crippen molar-refractivity contribution in [2.45, 2.75) is 52.7 Å². The smallest absolute Gasteiger partial charge is 0.0486 e. The van der Waals surface area contributed by atoms with Crippen LogP contribution in [0.25, 0.3) is 10.9 Å². The highest BCUT2D eigenvalue weighted by molar-refractivity contribution is 5.84. The molecule has 2 rings (SSSR count). The number of hydrogen-bond donors (Lipinski definition) is 1. The van der Waals surface area contributed by atoms with Gasteiger partial charge in [0, 0.05) is 35.2 Å². The lowest BCUT2D eigenvalue weighted by Gasteiger charge is -2.20. The van der Waals surface area contributed by atoms with Gasteiger partial charge in [0.25, 0.3) is 0 Å². The Balaban J connectivity index is 2.39. The summed E-state index contributed by atoms with van der Waals surface area (Å²) in [6.07, 6.45) is 2.29. The molecule has 0 bridgehead atoms. The minimum atomic E-state index is 0.154. The number of aromatic nitrogens is 1. The number of para-hydroxylation sites is 1. The minimum Gasteiger partial charge on any atom is -0.345 e. The molecule has 1 heterocycles. The third-order valence-corrected chi connectivity index (χ3v) is 3.19. The molecule has 1 N–H and O–H groups in total. The highest BCUT2D eigenvalue weighted by atomic mass is 15.0. The Labute approximate surface area is 110 Å². The van der Waals surface area contributed by atoms with Crippen LogP contribution in [0.3, 0.4) is 0 Å². The zero-order valence-corrected chi connectivity index (χ0v) is 12.1. The highest BCUT2D eigenvalue weighted by Crippen LogP contribution is 2.24. The van der Waals surface area contributed by atoms with Gasteiger partial charge in [0.2, 0.25) is 0 Å². The van der Waals surface area contributed by atoms with Gasteiger partial charge in [0.05, 0.1) is 0 Å². The van der Waals surface area contributed by atoms with Crippen molar-refractivity contribution in [3.05, 3.63) is 36.0 Å². The lowest BCUT2D eigenvalue weighted by molar-refractivity contribution is 0.424. The number of nitrogens with zero attached hydrogens (tertiary/aromatic N) is 1. The van der Waals surface area contributed by atoms with Gasteiger partial charge in [0.1, 0.15) is 0 Å². The molecule has 0 amide bonds. The van der Waals surface area contributed by atoms with E-state index in [2.05, 4.69) is 75.0 Å². The maximum Gasteiger partial charge on any atom is 0.0486 e. The molecule has 0 aliphatic carbocycles. The van der Waals surface area contributed by atoms with Crippen LogP contribution in [0.15, 0.2) is 30.5 Å². The number of nitrogens with one attached hydrogen (secondary N) is 1. The van der Waals surface area contributed by atoms with Gasteiger partial charge >= 0.3 is 0 Å². The van der Waals surface area contributed by atoms with Crippen molar-refractivity contribution in [1.82, 2.24) is 9.88 Å². The Morgan fingerprint density at radius 3 is 2.44 bits per heavy atom. The van der Waals surface area contributed by atoms with E-state index in [9.17, 15) is 0 Å². The number of rotatable bonds is 3. The molecule has 1 aromatic heterocycles. The molecule has 18 heavy (non-hydrogen) atoms. The first kappa shape index (κ1) is 13.2. The standard InChI is InChI=1S/C16H24N2/c1-12(2)18-11-13(10-17-16(3,4)5)14-8-6-7-9-15(14)18/h6-9,11-12,17H,10H2,1-5H3. The molecule has 0 fully saturated rings. The fourth-order valence-corrected chi connectivity index (χ4v) is 2.21. The molecule has 0 atom stereocenters. The van der Waals surface area contributed by atoms with E-state index in [0.717, 1.165) is 6.54 Å². The molecule has 2 nitrogen and oxygen atoms in total. The normalized spacial score (nSPS) is 12.6. The van der Waals surface area contributed by atoms with Crippen LogP contribution in [0.1, 0.15) is 46.2 Å². The maximum absolute atomic E-state index is 3.57. The number of hydrogen-bond acceptors (Lipinski definition) is 1. The summed E-state index contributed by atoms with van der Waals surface area (Å²) in [5.41, 5.74) is 2.87. The molecule has 0 spiro atoms. The van der Waals surface area contributed by atoms with Crippen LogP contribution >= 0.6 is 0 Å². The van der Waals surface area contributed by atoms with Crippen LogP contribution in [-0.4, -0.2) is 10.1 Å². The molecule has 0 saturated heterocycles. The third-order valence-electron chi connectivity index (χ3n) is 3.19. The fraction of sp³-hybridized carbons (Fsp3) is 0.500. The topological polar surface area (TPSA) is 17.0 Å². The predicted octanol–water partition coefficient (Wildman–Crippen LogP) is 4.11. The van der Waals surface area contributed by atoms with Crippen molar-refractivity contribution in [3.8, 4) is 0 Å². The Hall–Kier alpha value is -1.28. The summed E-state index contributed by atoms with van der Waals surface area (Å²) < 4.78 is 2.36. The van der Waals surface area contributed by atoms with E-state index in [-0.39, 0.29) is 5.54 Å². The number of fused-ring (bicyclic) bond motifs is 1. The molecule has 2 aromatic rings. The number of benzene rings is 1. The molecule has 0 aliphatic rings. The SMILES string of the molecule is CC(C)n1cc(CNC(C)(C)C)c2ccccc21. The molecular formula is C16H24N2. The molecule has 0 aliphatic heterocycles. The summed E-state index contributed by atoms with van der Waals surface area (Å²) in [5, 5.41) is 4.93. The molecule has 98 valence electrons. The molecular weight excluding hydrogens is 220 g/mol. The van der Waals surface area contributed by atoms with E-state index in [1.54, 1.807) is 0 Å². The van der Waals surface area contributed by atoms with E-state index in [4.69, 9.17) is 0 Å². The summed E-state index contributed by atoms with van der Waals surface area (Å²) in [6.45, 7) is 12.0. The summed E-state index contributed by atoms with van der Waals surface area (Å²) in [4.78, 5) is 0. The average molecular weight is 244 g/mol. The van der Waals surface area contributed by atoms with E-state index < -0.39 is 0 Å². The molecule has 0 radical (unpaired) electrons. The quantitative estimate of drug-likeness (QED) is 0.859. The Bertz CT molecular complexity index is 530. The molecule has 0 saturated carbocycles. The maximum atomic E-state index is 3.57. The second-order valence-corrected chi connectivity index (χ2v) is 6.28. The van der Waals surface area contributed by atoms with Gasteiger partial charge in [-0.05, 0) is 46.2 Å². The van der Waals surface area contributed by atoms with Crippen LogP contribution < -0.4 is 5.32 Å². The average Bonchev–Trinajstić information content (AvgIpc) is 2.64. The summed E-state index contributed by atoms with van der Waals surface area (Å²) in [7, 11) is 0. The van der Waals surface area contributed by atoms with Crippen molar-refractivity contribution < 1.29 is 0 Å². The zero-order chi connectivity index (χ0) is 13.3. The van der Waals surface area contributed by atoms with Gasteiger partial charge in [-0.1, -0.05) is 18.2 Å². The van der Waals surface area contributed by atoms with Gasteiger partial charge in [-0.25, -0.2) is 0 Å². The largest absolute Gasteiger partial charge is 0.345 e. The van der Waals surface area contributed by atoms with E-state index >= 15 is 0 Å². The van der Waals surface area contributed by atoms with Gasteiger partial charge in [-0.3, -0.25) is 0 Å². The van der Waals surface area contributed by atoms with Crippen LogP contribution in [0.2, 0.25) is 0 Å². The second kappa shape index (κ2) is 4.77. The van der Waals surface area contributed by atoms with E-state index in [1.165, 1.54) is 16.5 Å². The lowest BCUT2D eigenvalue weighted by Crippen LogP contribution is -2.34. The van der Waals surface area contributed by atoms with Crippen molar-refractivity contribution in [2.75, 3.05) is 0 Å². The lowest BCUT2D eigenvalue weighted by atomic mass is 10.1. The summed E-state index contributed by atoms with van der Waals surface area (Å²) >= 11 is 0. The van der Waals surface area contributed by atoms with Gasteiger partial charge in [0.15, 0.2) is 0 Å².